The van der Waals surface area contributed by atoms with Crippen molar-refractivity contribution < 1.29 is 17.9 Å². The lowest BCUT2D eigenvalue weighted by Gasteiger charge is -2.11. The van der Waals surface area contributed by atoms with Crippen LogP contribution in [-0.4, -0.2) is 20.9 Å². The molecule has 4 rings (SSSR count). The van der Waals surface area contributed by atoms with Crippen LogP contribution in [0.2, 0.25) is 5.15 Å². The average molecular weight is 436 g/mol. The van der Waals surface area contributed by atoms with Gasteiger partial charge in [0.1, 0.15) is 40.5 Å². The Morgan fingerprint density at radius 2 is 2.07 bits per heavy atom. The van der Waals surface area contributed by atoms with Crippen LogP contribution in [0, 0.1) is 19.7 Å². The number of aromatic amines is 1. The number of pyridine rings is 1. The third-order valence-electron chi connectivity index (χ3n) is 5.34. The Balaban J connectivity index is 1.51. The van der Waals surface area contributed by atoms with E-state index in [1.165, 1.54) is 6.07 Å². The number of ether oxygens (including phenoxy) is 1. The third-order valence-corrected chi connectivity index (χ3v) is 5.61. The molecule has 1 unspecified atom stereocenters. The smallest absolute Gasteiger partial charge is 0.248 e. The van der Waals surface area contributed by atoms with Gasteiger partial charge in [-0.15, -0.1) is 0 Å². The first kappa shape index (κ1) is 20.7. The summed E-state index contributed by atoms with van der Waals surface area (Å²) in [4.78, 5) is 11.5. The summed E-state index contributed by atoms with van der Waals surface area (Å²) in [6, 6.07) is 6.81. The number of rotatable bonds is 5. The number of benzene rings is 1. The van der Waals surface area contributed by atoms with Gasteiger partial charge in [0.15, 0.2) is 0 Å². The fourth-order valence-corrected chi connectivity index (χ4v) is 3.96. The predicted octanol–water partition coefficient (Wildman–Crippen LogP) is 6.36. The monoisotopic (exact) mass is 435 g/mol. The molecule has 2 heterocycles. The molecule has 1 N–H and O–H groups in total. The van der Waals surface area contributed by atoms with Crippen molar-refractivity contribution in [1.82, 2.24) is 15.0 Å². The van der Waals surface area contributed by atoms with Crippen molar-refractivity contribution in [3.8, 4) is 17.0 Å². The van der Waals surface area contributed by atoms with E-state index in [4.69, 9.17) is 16.3 Å². The highest BCUT2D eigenvalue weighted by atomic mass is 35.5. The first-order chi connectivity index (χ1) is 14.2. The Morgan fingerprint density at radius 3 is 2.73 bits per heavy atom. The van der Waals surface area contributed by atoms with E-state index in [1.807, 2.05) is 13.0 Å². The molecule has 1 aliphatic carbocycles. The molecule has 1 saturated carbocycles. The zero-order valence-electron chi connectivity index (χ0n) is 16.6. The second-order valence-electron chi connectivity index (χ2n) is 7.79. The van der Waals surface area contributed by atoms with Crippen LogP contribution in [-0.2, 0) is 6.61 Å². The SMILES string of the molecule is Cc1cnc(COc2ccc(-c3nc(C4CCC(F)(F)C4)[nH]c3Cl)cc2C)c(F)c1. The molecule has 158 valence electrons. The summed E-state index contributed by atoms with van der Waals surface area (Å²) in [5.74, 6) is -2.30. The standard InChI is InChI=1S/C22H21ClF3N3O/c1-12-7-16(24)17(27-10-12)11-30-18-4-3-14(8-13(18)2)19-20(23)29-21(28-19)15-5-6-22(25,26)9-15/h3-4,7-8,10,15H,5-6,9,11H2,1-2H3,(H,28,29). The zero-order chi connectivity index (χ0) is 21.5. The number of halogens is 4. The number of H-pyrrole nitrogens is 1. The van der Waals surface area contributed by atoms with Gasteiger partial charge < -0.3 is 9.72 Å². The Labute approximate surface area is 177 Å². The molecule has 3 aromatic rings. The molecule has 8 heteroatoms. The maximum Gasteiger partial charge on any atom is 0.248 e. The molecule has 4 nitrogen and oxygen atoms in total. The lowest BCUT2D eigenvalue weighted by molar-refractivity contribution is 0.00756. The van der Waals surface area contributed by atoms with E-state index in [9.17, 15) is 13.2 Å². The van der Waals surface area contributed by atoms with E-state index in [0.29, 0.717) is 28.8 Å². The van der Waals surface area contributed by atoms with Crippen molar-refractivity contribution in [3.05, 3.63) is 64.1 Å². The highest BCUT2D eigenvalue weighted by Gasteiger charge is 2.41. The molecule has 1 aromatic carbocycles. The van der Waals surface area contributed by atoms with Crippen molar-refractivity contribution in [3.63, 3.8) is 0 Å². The molecule has 2 aromatic heterocycles. The van der Waals surface area contributed by atoms with Gasteiger partial charge in [-0.3, -0.25) is 4.98 Å². The molecule has 30 heavy (non-hydrogen) atoms. The fourth-order valence-electron chi connectivity index (χ4n) is 3.71. The van der Waals surface area contributed by atoms with Gasteiger partial charge in [0, 0.05) is 30.5 Å². The minimum Gasteiger partial charge on any atom is -0.487 e. The Hall–Kier alpha value is -2.54. The summed E-state index contributed by atoms with van der Waals surface area (Å²) in [6.45, 7) is 3.64. The molecule has 1 fully saturated rings. The second kappa shape index (κ2) is 7.95. The lowest BCUT2D eigenvalue weighted by atomic mass is 10.1. The largest absolute Gasteiger partial charge is 0.487 e. The minimum atomic E-state index is -2.65. The van der Waals surface area contributed by atoms with Crippen molar-refractivity contribution in [2.45, 2.75) is 51.6 Å². The first-order valence-electron chi connectivity index (χ1n) is 9.70. The van der Waals surface area contributed by atoms with Crippen LogP contribution in [0.1, 0.15) is 47.8 Å². The Bertz CT molecular complexity index is 1080. The van der Waals surface area contributed by atoms with E-state index < -0.39 is 11.7 Å². The molecule has 1 atom stereocenters. The quantitative estimate of drug-likeness (QED) is 0.507. The topological polar surface area (TPSA) is 50.8 Å². The number of hydrogen-bond donors (Lipinski definition) is 1. The molecule has 0 bridgehead atoms. The average Bonchev–Trinajstić information content (AvgIpc) is 3.24. The summed E-state index contributed by atoms with van der Waals surface area (Å²) >= 11 is 6.31. The zero-order valence-corrected chi connectivity index (χ0v) is 17.4. The van der Waals surface area contributed by atoms with Crippen LogP contribution in [0.5, 0.6) is 5.75 Å². The maximum absolute atomic E-state index is 13.9. The number of nitrogens with one attached hydrogen (secondary N) is 1. The summed E-state index contributed by atoms with van der Waals surface area (Å²) in [5.41, 5.74) is 3.05. The molecule has 0 amide bonds. The van der Waals surface area contributed by atoms with E-state index in [0.717, 1.165) is 16.7 Å². The number of hydrogen-bond acceptors (Lipinski definition) is 3. The Kier molecular flexibility index (Phi) is 5.49. The van der Waals surface area contributed by atoms with Crippen LogP contribution < -0.4 is 4.74 Å². The van der Waals surface area contributed by atoms with Crippen LogP contribution in [0.15, 0.2) is 30.5 Å². The molecule has 0 saturated heterocycles. The van der Waals surface area contributed by atoms with Gasteiger partial charge in [-0.25, -0.2) is 18.2 Å². The molecule has 0 spiro atoms. The molecule has 0 aliphatic heterocycles. The maximum atomic E-state index is 13.9. The van der Waals surface area contributed by atoms with E-state index in [-0.39, 0.29) is 31.1 Å². The minimum absolute atomic E-state index is 0.00943. The van der Waals surface area contributed by atoms with Gasteiger partial charge in [-0.1, -0.05) is 11.6 Å². The predicted molar refractivity (Wildman–Crippen MR) is 109 cm³/mol. The van der Waals surface area contributed by atoms with E-state index >= 15 is 0 Å². The number of aromatic nitrogens is 3. The summed E-state index contributed by atoms with van der Waals surface area (Å²) in [5, 5.41) is 0.319. The van der Waals surface area contributed by atoms with Crippen LogP contribution in [0.25, 0.3) is 11.3 Å². The highest BCUT2D eigenvalue weighted by Crippen LogP contribution is 2.44. The summed E-state index contributed by atoms with van der Waals surface area (Å²) in [6.07, 6.45) is 1.62. The highest BCUT2D eigenvalue weighted by molar-refractivity contribution is 6.31. The number of aryl methyl sites for hydroxylation is 2. The molecular weight excluding hydrogens is 415 g/mol. The van der Waals surface area contributed by atoms with Crippen LogP contribution in [0.3, 0.4) is 0 Å². The number of nitrogens with zero attached hydrogens (tertiary/aromatic N) is 2. The van der Waals surface area contributed by atoms with E-state index in [1.54, 1.807) is 25.3 Å². The van der Waals surface area contributed by atoms with Gasteiger partial charge in [-0.05, 0) is 55.7 Å². The molecule has 0 radical (unpaired) electrons. The van der Waals surface area contributed by atoms with Gasteiger partial charge in [0.25, 0.3) is 0 Å². The van der Waals surface area contributed by atoms with Crippen LogP contribution in [0.4, 0.5) is 13.2 Å². The number of alkyl halides is 2. The summed E-state index contributed by atoms with van der Waals surface area (Å²) in [7, 11) is 0. The lowest BCUT2D eigenvalue weighted by Crippen LogP contribution is -2.09. The number of imidazole rings is 1. The van der Waals surface area contributed by atoms with Gasteiger partial charge in [0.2, 0.25) is 5.92 Å². The molecule has 1 aliphatic rings. The van der Waals surface area contributed by atoms with E-state index in [2.05, 4.69) is 15.0 Å². The second-order valence-corrected chi connectivity index (χ2v) is 8.17. The van der Waals surface area contributed by atoms with Crippen molar-refractivity contribution in [2.75, 3.05) is 0 Å². The van der Waals surface area contributed by atoms with Gasteiger partial charge in [-0.2, -0.15) is 0 Å². The summed E-state index contributed by atoms with van der Waals surface area (Å²) < 4.78 is 46.7. The van der Waals surface area contributed by atoms with Gasteiger partial charge >= 0.3 is 0 Å². The van der Waals surface area contributed by atoms with Crippen molar-refractivity contribution in [2.24, 2.45) is 0 Å². The third kappa shape index (κ3) is 4.31. The van der Waals surface area contributed by atoms with Crippen LogP contribution >= 0.6 is 11.6 Å². The van der Waals surface area contributed by atoms with Crippen molar-refractivity contribution >= 4 is 11.6 Å². The molecular formula is C22H21ClF3N3O. The fraction of sp³-hybridized carbons (Fsp3) is 0.364. The Morgan fingerprint density at radius 1 is 1.27 bits per heavy atom. The first-order valence-corrected chi connectivity index (χ1v) is 10.1. The van der Waals surface area contributed by atoms with Gasteiger partial charge in [0.05, 0.1) is 0 Å². The van der Waals surface area contributed by atoms with Crippen molar-refractivity contribution in [1.29, 1.82) is 0 Å². The normalized spacial score (nSPS) is 18.0.